The molecule has 0 aromatic heterocycles. The summed E-state index contributed by atoms with van der Waals surface area (Å²) in [5.74, 6) is -0.291. The molecule has 0 fully saturated rings. The molecule has 0 bridgehead atoms. The number of rotatable bonds is 2. The Morgan fingerprint density at radius 2 is 1.65 bits per heavy atom. The summed E-state index contributed by atoms with van der Waals surface area (Å²) in [6.45, 7) is 3.58. The molecule has 0 N–H and O–H groups in total. The first-order chi connectivity index (χ1) is 9.56. The second-order valence-electron chi connectivity index (χ2n) is 5.58. The lowest BCUT2D eigenvalue weighted by atomic mass is 9.93. The van der Waals surface area contributed by atoms with Crippen LogP contribution in [0.2, 0.25) is 0 Å². The van der Waals surface area contributed by atoms with Crippen LogP contribution in [0.15, 0.2) is 30.3 Å². The summed E-state index contributed by atoms with van der Waals surface area (Å²) < 4.78 is 13.3. The standard InChI is InChI=1S/C18H17FO/c1-11-8-16(19)9-12(2)17(11)18(20)15-7-6-13-4-3-5-14(13)10-15/h6-10H,3-5H2,1-2H3. The first-order valence-electron chi connectivity index (χ1n) is 6.99. The SMILES string of the molecule is Cc1cc(F)cc(C)c1C(=O)c1ccc2c(c1)CCC2. The minimum absolute atomic E-state index is 0.00491. The number of carbonyl (C=O) groups excluding carboxylic acids is 1. The van der Waals surface area contributed by atoms with Gasteiger partial charge >= 0.3 is 0 Å². The lowest BCUT2D eigenvalue weighted by molar-refractivity contribution is 0.103. The highest BCUT2D eigenvalue weighted by molar-refractivity contribution is 6.11. The van der Waals surface area contributed by atoms with Gasteiger partial charge in [-0.2, -0.15) is 0 Å². The molecule has 0 atom stereocenters. The highest BCUT2D eigenvalue weighted by Crippen LogP contribution is 2.25. The third-order valence-electron chi connectivity index (χ3n) is 4.09. The Morgan fingerprint density at radius 3 is 2.35 bits per heavy atom. The Bertz CT molecular complexity index is 678. The van der Waals surface area contributed by atoms with Crippen LogP contribution in [0.4, 0.5) is 4.39 Å². The molecule has 2 aromatic rings. The van der Waals surface area contributed by atoms with E-state index in [1.807, 2.05) is 12.1 Å². The molecule has 1 aliphatic rings. The van der Waals surface area contributed by atoms with Gasteiger partial charge in [0.15, 0.2) is 5.78 Å². The maximum atomic E-state index is 13.3. The zero-order chi connectivity index (χ0) is 14.3. The summed E-state index contributed by atoms with van der Waals surface area (Å²) in [5.41, 5.74) is 5.39. The van der Waals surface area contributed by atoms with E-state index in [4.69, 9.17) is 0 Å². The van der Waals surface area contributed by atoms with E-state index < -0.39 is 0 Å². The van der Waals surface area contributed by atoms with Crippen LogP contribution in [0.3, 0.4) is 0 Å². The van der Waals surface area contributed by atoms with Gasteiger partial charge < -0.3 is 0 Å². The molecule has 0 saturated carbocycles. The average molecular weight is 268 g/mol. The van der Waals surface area contributed by atoms with Gasteiger partial charge in [-0.15, -0.1) is 0 Å². The van der Waals surface area contributed by atoms with E-state index in [2.05, 4.69) is 6.07 Å². The molecule has 0 saturated heterocycles. The van der Waals surface area contributed by atoms with Gasteiger partial charge in [0.1, 0.15) is 5.82 Å². The number of benzene rings is 2. The Morgan fingerprint density at radius 1 is 1.00 bits per heavy atom. The fraction of sp³-hybridized carbons (Fsp3) is 0.278. The van der Waals surface area contributed by atoms with Gasteiger partial charge in [-0.1, -0.05) is 12.1 Å². The number of hydrogen-bond donors (Lipinski definition) is 0. The van der Waals surface area contributed by atoms with Gasteiger partial charge in [-0.25, -0.2) is 4.39 Å². The van der Waals surface area contributed by atoms with E-state index in [0.717, 1.165) is 12.8 Å². The molecule has 0 spiro atoms. The van der Waals surface area contributed by atoms with E-state index >= 15 is 0 Å². The van der Waals surface area contributed by atoms with Crippen LogP contribution in [0.5, 0.6) is 0 Å². The van der Waals surface area contributed by atoms with Crippen LogP contribution >= 0.6 is 0 Å². The second-order valence-corrected chi connectivity index (χ2v) is 5.58. The molecule has 20 heavy (non-hydrogen) atoms. The largest absolute Gasteiger partial charge is 0.289 e. The van der Waals surface area contributed by atoms with Crippen molar-refractivity contribution in [2.24, 2.45) is 0 Å². The number of ketones is 1. The monoisotopic (exact) mass is 268 g/mol. The highest BCUT2D eigenvalue weighted by Gasteiger charge is 2.18. The summed E-state index contributed by atoms with van der Waals surface area (Å²) in [7, 11) is 0. The molecule has 1 aliphatic carbocycles. The molecule has 0 unspecified atom stereocenters. The maximum absolute atomic E-state index is 13.3. The van der Waals surface area contributed by atoms with Crippen molar-refractivity contribution in [3.8, 4) is 0 Å². The number of halogens is 1. The Labute approximate surface area is 118 Å². The van der Waals surface area contributed by atoms with E-state index in [9.17, 15) is 9.18 Å². The molecule has 2 aromatic carbocycles. The smallest absolute Gasteiger partial charge is 0.193 e. The molecule has 3 rings (SSSR count). The number of fused-ring (bicyclic) bond motifs is 1. The summed E-state index contributed by atoms with van der Waals surface area (Å²) in [6, 6.07) is 8.81. The molecule has 0 heterocycles. The van der Waals surface area contributed by atoms with Crippen molar-refractivity contribution in [3.05, 3.63) is 69.5 Å². The van der Waals surface area contributed by atoms with E-state index in [0.29, 0.717) is 22.3 Å². The van der Waals surface area contributed by atoms with Crippen LogP contribution in [-0.2, 0) is 12.8 Å². The van der Waals surface area contributed by atoms with Crippen molar-refractivity contribution in [3.63, 3.8) is 0 Å². The number of hydrogen-bond acceptors (Lipinski definition) is 1. The van der Waals surface area contributed by atoms with Crippen LogP contribution < -0.4 is 0 Å². The van der Waals surface area contributed by atoms with Crippen LogP contribution in [-0.4, -0.2) is 5.78 Å². The molecular weight excluding hydrogens is 251 g/mol. The molecule has 1 nitrogen and oxygen atoms in total. The van der Waals surface area contributed by atoms with E-state index in [-0.39, 0.29) is 11.6 Å². The quantitative estimate of drug-likeness (QED) is 0.747. The fourth-order valence-corrected chi connectivity index (χ4v) is 3.13. The zero-order valence-corrected chi connectivity index (χ0v) is 11.8. The molecule has 0 amide bonds. The second kappa shape index (κ2) is 4.86. The molecule has 2 heteroatoms. The van der Waals surface area contributed by atoms with Gasteiger partial charge in [0.05, 0.1) is 0 Å². The maximum Gasteiger partial charge on any atom is 0.193 e. The van der Waals surface area contributed by atoms with Gasteiger partial charge in [-0.3, -0.25) is 4.79 Å². The van der Waals surface area contributed by atoms with E-state index in [1.165, 1.54) is 29.7 Å². The summed E-state index contributed by atoms with van der Waals surface area (Å²) in [5, 5.41) is 0. The van der Waals surface area contributed by atoms with Crippen molar-refractivity contribution in [1.82, 2.24) is 0 Å². The predicted molar refractivity (Wildman–Crippen MR) is 77.8 cm³/mol. The Balaban J connectivity index is 2.05. The highest BCUT2D eigenvalue weighted by atomic mass is 19.1. The van der Waals surface area contributed by atoms with Gasteiger partial charge in [0, 0.05) is 11.1 Å². The Kier molecular flexibility index (Phi) is 3.17. The predicted octanol–water partition coefficient (Wildman–Crippen LogP) is 4.16. The fourth-order valence-electron chi connectivity index (χ4n) is 3.13. The first-order valence-corrected chi connectivity index (χ1v) is 6.99. The number of aryl methyl sites for hydroxylation is 4. The van der Waals surface area contributed by atoms with Crippen molar-refractivity contribution >= 4 is 5.78 Å². The third-order valence-corrected chi connectivity index (χ3v) is 4.09. The van der Waals surface area contributed by atoms with Gasteiger partial charge in [0.2, 0.25) is 0 Å². The first kappa shape index (κ1) is 13.0. The minimum Gasteiger partial charge on any atom is -0.289 e. The topological polar surface area (TPSA) is 17.1 Å². The molecule has 102 valence electrons. The summed E-state index contributed by atoms with van der Waals surface area (Å²) >= 11 is 0. The van der Waals surface area contributed by atoms with Crippen LogP contribution in [0.1, 0.15) is 44.6 Å². The zero-order valence-electron chi connectivity index (χ0n) is 11.8. The third kappa shape index (κ3) is 2.15. The molecular formula is C18H17FO. The van der Waals surface area contributed by atoms with Crippen LogP contribution in [0.25, 0.3) is 0 Å². The molecule has 0 aliphatic heterocycles. The van der Waals surface area contributed by atoms with Crippen molar-refractivity contribution in [2.45, 2.75) is 33.1 Å². The van der Waals surface area contributed by atoms with Gasteiger partial charge in [0.25, 0.3) is 0 Å². The van der Waals surface area contributed by atoms with Crippen molar-refractivity contribution in [2.75, 3.05) is 0 Å². The van der Waals surface area contributed by atoms with Crippen LogP contribution in [0, 0.1) is 19.7 Å². The lowest BCUT2D eigenvalue weighted by Crippen LogP contribution is -2.07. The normalized spacial score (nSPS) is 13.3. The molecule has 0 radical (unpaired) electrons. The lowest BCUT2D eigenvalue weighted by Gasteiger charge is -2.10. The summed E-state index contributed by atoms with van der Waals surface area (Å²) in [4.78, 5) is 12.7. The average Bonchev–Trinajstić information content (AvgIpc) is 2.84. The van der Waals surface area contributed by atoms with E-state index in [1.54, 1.807) is 13.8 Å². The van der Waals surface area contributed by atoms with Gasteiger partial charge in [-0.05, 0) is 73.6 Å². The number of carbonyl (C=O) groups is 1. The minimum atomic E-state index is -0.287. The Hall–Kier alpha value is -1.96. The summed E-state index contributed by atoms with van der Waals surface area (Å²) in [6.07, 6.45) is 3.33. The van der Waals surface area contributed by atoms with Crippen molar-refractivity contribution < 1.29 is 9.18 Å². The van der Waals surface area contributed by atoms with Crippen molar-refractivity contribution in [1.29, 1.82) is 0 Å².